The van der Waals surface area contributed by atoms with Crippen LogP contribution in [0.5, 0.6) is 0 Å². The Bertz CT molecular complexity index is 1630. The summed E-state index contributed by atoms with van der Waals surface area (Å²) in [6, 6.07) is 12.9. The van der Waals surface area contributed by atoms with E-state index < -0.39 is 6.10 Å². The summed E-state index contributed by atoms with van der Waals surface area (Å²) < 4.78 is 5.12. The average molecular weight is 454 g/mol. The maximum Gasteiger partial charge on any atom is 0.331 e. The molecule has 1 aliphatic rings. The molecule has 9 heteroatoms. The number of hydrogen-bond acceptors (Lipinski definition) is 6. The number of hydrogen-bond donors (Lipinski definition) is 2. The fraction of sp³-hybridized carbons (Fsp3) is 0.200. The summed E-state index contributed by atoms with van der Waals surface area (Å²) in [7, 11) is 0. The number of anilines is 1. The van der Waals surface area contributed by atoms with E-state index in [0.29, 0.717) is 42.2 Å². The summed E-state index contributed by atoms with van der Waals surface area (Å²) in [6.07, 6.45) is 5.64. The molecule has 0 amide bonds. The van der Waals surface area contributed by atoms with Crippen LogP contribution in [0.15, 0.2) is 72.4 Å². The monoisotopic (exact) mass is 453 g/mol. The van der Waals surface area contributed by atoms with Crippen LogP contribution in [0.3, 0.4) is 0 Å². The van der Waals surface area contributed by atoms with Gasteiger partial charge in [0.25, 0.3) is 0 Å². The van der Waals surface area contributed by atoms with Crippen LogP contribution in [-0.2, 0) is 6.54 Å². The zero-order valence-electron chi connectivity index (χ0n) is 18.4. The van der Waals surface area contributed by atoms with E-state index in [9.17, 15) is 9.90 Å². The molecule has 2 atom stereocenters. The van der Waals surface area contributed by atoms with Gasteiger partial charge in [-0.3, -0.25) is 13.7 Å². The van der Waals surface area contributed by atoms with Crippen LogP contribution in [0.25, 0.3) is 28.1 Å². The molecule has 0 radical (unpaired) electrons. The fourth-order valence-electron chi connectivity index (χ4n) is 4.95. The molecule has 34 heavy (non-hydrogen) atoms. The van der Waals surface area contributed by atoms with Crippen molar-refractivity contribution in [3.8, 4) is 5.95 Å². The topological polar surface area (TPSA) is 117 Å². The first-order valence-electron chi connectivity index (χ1n) is 11.2. The van der Waals surface area contributed by atoms with Gasteiger partial charge < -0.3 is 10.8 Å². The maximum atomic E-state index is 13.6. The second-order valence-electron chi connectivity index (χ2n) is 8.53. The molecule has 1 aliphatic carbocycles. The first kappa shape index (κ1) is 20.4. The smallest absolute Gasteiger partial charge is 0.331 e. The normalized spacial score (nSPS) is 17.8. The van der Waals surface area contributed by atoms with E-state index in [1.165, 1.54) is 0 Å². The quantitative estimate of drug-likeness (QED) is 0.319. The van der Waals surface area contributed by atoms with Gasteiger partial charge >= 0.3 is 5.69 Å². The van der Waals surface area contributed by atoms with Crippen molar-refractivity contribution in [2.75, 3.05) is 5.73 Å². The van der Waals surface area contributed by atoms with Crippen molar-refractivity contribution in [2.45, 2.75) is 31.5 Å². The van der Waals surface area contributed by atoms with Gasteiger partial charge in [0.15, 0.2) is 5.65 Å². The van der Waals surface area contributed by atoms with E-state index in [0.717, 1.165) is 22.2 Å². The van der Waals surface area contributed by atoms with Gasteiger partial charge in [-0.05, 0) is 42.2 Å². The van der Waals surface area contributed by atoms with Crippen LogP contribution in [0.4, 0.5) is 5.69 Å². The van der Waals surface area contributed by atoms with Gasteiger partial charge in [0.2, 0.25) is 5.95 Å². The first-order valence-corrected chi connectivity index (χ1v) is 11.2. The molecule has 6 rings (SSSR count). The van der Waals surface area contributed by atoms with E-state index in [-0.39, 0.29) is 11.7 Å². The highest BCUT2D eigenvalue weighted by Crippen LogP contribution is 2.38. The molecule has 170 valence electrons. The molecule has 0 bridgehead atoms. The lowest BCUT2D eigenvalue weighted by Gasteiger charge is -2.29. The summed E-state index contributed by atoms with van der Waals surface area (Å²) in [5.41, 5.74) is 10.9. The highest BCUT2D eigenvalue weighted by molar-refractivity contribution is 5.81. The van der Waals surface area contributed by atoms with Crippen molar-refractivity contribution < 1.29 is 5.11 Å². The van der Waals surface area contributed by atoms with E-state index in [4.69, 9.17) is 10.7 Å². The molecule has 9 nitrogen and oxygen atoms in total. The Morgan fingerprint density at radius 1 is 1.12 bits per heavy atom. The van der Waals surface area contributed by atoms with Crippen LogP contribution >= 0.6 is 0 Å². The van der Waals surface area contributed by atoms with Crippen molar-refractivity contribution in [2.24, 2.45) is 0 Å². The number of imidazole rings is 2. The predicted molar refractivity (Wildman–Crippen MR) is 130 cm³/mol. The predicted octanol–water partition coefficient (Wildman–Crippen LogP) is 3.12. The zero-order valence-corrected chi connectivity index (χ0v) is 18.4. The van der Waals surface area contributed by atoms with Crippen molar-refractivity contribution in [3.63, 3.8) is 0 Å². The number of fused-ring (bicyclic) bond motifs is 3. The Morgan fingerprint density at radius 3 is 2.76 bits per heavy atom. The average Bonchev–Trinajstić information content (AvgIpc) is 3.38. The molecule has 3 aromatic heterocycles. The van der Waals surface area contributed by atoms with E-state index in [1.54, 1.807) is 38.4 Å². The van der Waals surface area contributed by atoms with Crippen molar-refractivity contribution in [1.82, 2.24) is 28.7 Å². The largest absolute Gasteiger partial charge is 0.399 e. The molecular formula is C25H23N7O2. The molecule has 0 aliphatic heterocycles. The number of rotatable bonds is 4. The Kier molecular flexibility index (Phi) is 4.59. The van der Waals surface area contributed by atoms with Crippen LogP contribution in [0.2, 0.25) is 0 Å². The summed E-state index contributed by atoms with van der Waals surface area (Å²) >= 11 is 0. The number of nitrogens with zero attached hydrogens (tertiary/aromatic N) is 6. The third-order valence-electron chi connectivity index (χ3n) is 6.53. The Labute approximate surface area is 194 Å². The number of aliphatic hydroxyl groups excluding tert-OH is 1. The second kappa shape index (κ2) is 7.67. The zero-order chi connectivity index (χ0) is 23.4. The minimum Gasteiger partial charge on any atom is -0.399 e. The lowest BCUT2D eigenvalue weighted by molar-refractivity contribution is 0.147. The van der Waals surface area contributed by atoms with Gasteiger partial charge in [-0.2, -0.15) is 4.98 Å². The van der Waals surface area contributed by atoms with Gasteiger partial charge in [0.05, 0.1) is 29.4 Å². The molecule has 3 N–H and O–H groups in total. The SMILES string of the molecule is C=CCn1c(=O)n(C2CCC(O)c3ccccc32)c2nc(-n3cnc4ccc(N)cc43)ncc21. The number of allylic oxidation sites excluding steroid dienone is 1. The minimum absolute atomic E-state index is 0.183. The van der Waals surface area contributed by atoms with Gasteiger partial charge in [0.1, 0.15) is 11.8 Å². The highest BCUT2D eigenvalue weighted by atomic mass is 16.3. The first-order chi connectivity index (χ1) is 16.6. The molecule has 2 aromatic carbocycles. The van der Waals surface area contributed by atoms with Crippen LogP contribution < -0.4 is 11.4 Å². The molecule has 0 saturated heterocycles. The molecule has 0 saturated carbocycles. The standard InChI is InChI=1S/C25H23N7O2/c1-2-11-30-21-13-27-24(31-14-28-18-8-7-15(26)12-20(18)31)29-23(21)32(25(30)34)19-9-10-22(33)17-6-4-3-5-16(17)19/h2-8,12-14,19,22,33H,1,9-11,26H2. The molecule has 3 heterocycles. The number of aliphatic hydroxyl groups is 1. The van der Waals surface area contributed by atoms with Crippen molar-refractivity contribution >= 4 is 27.9 Å². The van der Waals surface area contributed by atoms with Gasteiger partial charge in [-0.1, -0.05) is 30.3 Å². The molecular weight excluding hydrogens is 430 g/mol. The fourth-order valence-corrected chi connectivity index (χ4v) is 4.95. The number of nitrogens with two attached hydrogens (primary N) is 1. The second-order valence-corrected chi connectivity index (χ2v) is 8.53. The Morgan fingerprint density at radius 2 is 1.94 bits per heavy atom. The maximum absolute atomic E-state index is 13.6. The lowest BCUT2D eigenvalue weighted by atomic mass is 9.85. The van der Waals surface area contributed by atoms with Crippen molar-refractivity contribution in [1.29, 1.82) is 0 Å². The van der Waals surface area contributed by atoms with Gasteiger partial charge in [-0.25, -0.2) is 14.8 Å². The van der Waals surface area contributed by atoms with Gasteiger partial charge in [0, 0.05) is 12.2 Å². The molecule has 0 fully saturated rings. The van der Waals surface area contributed by atoms with E-state index in [1.807, 2.05) is 36.4 Å². The van der Waals surface area contributed by atoms with Crippen LogP contribution in [0.1, 0.15) is 36.1 Å². The van der Waals surface area contributed by atoms with Crippen molar-refractivity contribution in [3.05, 3.63) is 89.3 Å². The van der Waals surface area contributed by atoms with Crippen LogP contribution in [-0.4, -0.2) is 33.8 Å². The number of benzene rings is 2. The molecule has 2 unspecified atom stereocenters. The van der Waals surface area contributed by atoms with E-state index >= 15 is 0 Å². The summed E-state index contributed by atoms with van der Waals surface area (Å²) in [5.74, 6) is 0.397. The molecule has 5 aromatic rings. The third kappa shape index (κ3) is 2.97. The Balaban J connectivity index is 1.61. The summed E-state index contributed by atoms with van der Waals surface area (Å²) in [4.78, 5) is 27.5. The summed E-state index contributed by atoms with van der Waals surface area (Å²) in [5, 5.41) is 10.5. The van der Waals surface area contributed by atoms with Crippen LogP contribution in [0, 0.1) is 0 Å². The third-order valence-corrected chi connectivity index (χ3v) is 6.53. The molecule has 0 spiro atoms. The minimum atomic E-state index is -0.544. The Hall–Kier alpha value is -4.24. The van der Waals surface area contributed by atoms with Gasteiger partial charge in [-0.15, -0.1) is 6.58 Å². The van der Waals surface area contributed by atoms with E-state index in [2.05, 4.69) is 16.5 Å². The lowest BCUT2D eigenvalue weighted by Crippen LogP contribution is -2.30. The number of aromatic nitrogens is 6. The summed E-state index contributed by atoms with van der Waals surface area (Å²) in [6.45, 7) is 4.14. The highest BCUT2D eigenvalue weighted by Gasteiger charge is 2.30. The number of nitrogen functional groups attached to an aromatic ring is 1.